The molecule has 9 nitrogen and oxygen atoms in total. The molecule has 1 rings (SSSR count). The summed E-state index contributed by atoms with van der Waals surface area (Å²) in [6, 6.07) is -1.22. The van der Waals surface area contributed by atoms with Crippen LogP contribution in [0.25, 0.3) is 0 Å². The number of rotatable bonds is 34. The Labute approximate surface area is 312 Å². The highest BCUT2D eigenvalue weighted by atomic mass is 16.6. The summed E-state index contributed by atoms with van der Waals surface area (Å²) < 4.78 is 5.57. The summed E-state index contributed by atoms with van der Waals surface area (Å²) in [5, 5.41) is 65.9. The molecule has 2 unspecified atom stereocenters. The maximum absolute atomic E-state index is 13.0. The Morgan fingerprint density at radius 1 is 0.608 bits per heavy atom. The van der Waals surface area contributed by atoms with E-state index in [1.165, 1.54) is 128 Å². The number of amides is 1. The number of unbranched alkanes of at least 4 members (excludes halogenated alkanes) is 25. The minimum atomic E-state index is -1.68. The molecule has 0 radical (unpaired) electrons. The van der Waals surface area contributed by atoms with Gasteiger partial charge in [-0.25, -0.2) is 0 Å². The van der Waals surface area contributed by atoms with Gasteiger partial charge in [-0.1, -0.05) is 180 Å². The zero-order chi connectivity index (χ0) is 37.5. The Kier molecular flexibility index (Phi) is 30.4. The SMILES string of the molecule is CCCCCCCCCCCCC/C=C/[C@@H](O)[C@@H](NC(=O)CCCCCCCCCCCCCCCCC)C(O)C1O[C@H](CO)[C@H](O)[C@H](O)[C@H]1O. The van der Waals surface area contributed by atoms with E-state index in [0.717, 1.165) is 38.5 Å². The fraction of sp³-hybridized carbons (Fsp3) is 0.929. The van der Waals surface area contributed by atoms with E-state index in [0.29, 0.717) is 6.42 Å². The normalized spacial score (nSPS) is 22.7. The third-order valence-corrected chi connectivity index (χ3v) is 10.6. The summed E-state index contributed by atoms with van der Waals surface area (Å²) in [6.07, 6.45) is 26.1. The molecule has 1 aliphatic rings. The van der Waals surface area contributed by atoms with Crippen LogP contribution < -0.4 is 5.32 Å². The van der Waals surface area contributed by atoms with Crippen molar-refractivity contribution >= 4 is 5.91 Å². The number of allylic oxidation sites excluding steroid dienone is 1. The van der Waals surface area contributed by atoms with Crippen LogP contribution in [-0.2, 0) is 9.53 Å². The number of carbonyl (C=O) groups excluding carboxylic acids is 1. The quantitative estimate of drug-likeness (QED) is 0.0264. The average molecular weight is 728 g/mol. The van der Waals surface area contributed by atoms with Crippen LogP contribution in [0.5, 0.6) is 0 Å². The largest absolute Gasteiger partial charge is 0.394 e. The van der Waals surface area contributed by atoms with Gasteiger partial charge in [0.2, 0.25) is 5.91 Å². The van der Waals surface area contributed by atoms with Gasteiger partial charge in [0.15, 0.2) is 0 Å². The molecule has 302 valence electrons. The summed E-state index contributed by atoms with van der Waals surface area (Å²) >= 11 is 0. The van der Waals surface area contributed by atoms with Crippen LogP contribution in [0.4, 0.5) is 0 Å². The fourth-order valence-electron chi connectivity index (χ4n) is 7.19. The monoisotopic (exact) mass is 728 g/mol. The Bertz CT molecular complexity index is 827. The molecule has 1 heterocycles. The van der Waals surface area contributed by atoms with Crippen LogP contribution >= 0.6 is 0 Å². The number of aliphatic hydroxyl groups is 6. The van der Waals surface area contributed by atoms with Crippen molar-refractivity contribution in [3.05, 3.63) is 12.2 Å². The second kappa shape index (κ2) is 32.4. The van der Waals surface area contributed by atoms with Crippen molar-refractivity contribution < 1.29 is 40.2 Å². The van der Waals surface area contributed by atoms with E-state index in [9.17, 15) is 35.4 Å². The number of nitrogens with one attached hydrogen (secondary N) is 1. The number of hydrogen-bond donors (Lipinski definition) is 7. The van der Waals surface area contributed by atoms with E-state index >= 15 is 0 Å². The van der Waals surface area contributed by atoms with Gasteiger partial charge >= 0.3 is 0 Å². The lowest BCUT2D eigenvalue weighted by Crippen LogP contribution is -2.65. The minimum Gasteiger partial charge on any atom is -0.394 e. The van der Waals surface area contributed by atoms with Crippen molar-refractivity contribution in [3.8, 4) is 0 Å². The smallest absolute Gasteiger partial charge is 0.220 e. The zero-order valence-electron chi connectivity index (χ0n) is 32.8. The highest BCUT2D eigenvalue weighted by molar-refractivity contribution is 5.76. The van der Waals surface area contributed by atoms with Gasteiger partial charge in [-0.15, -0.1) is 0 Å². The molecule has 1 saturated heterocycles. The first-order valence-corrected chi connectivity index (χ1v) is 21.4. The fourth-order valence-corrected chi connectivity index (χ4v) is 7.19. The number of carbonyl (C=O) groups is 1. The van der Waals surface area contributed by atoms with Crippen molar-refractivity contribution in [3.63, 3.8) is 0 Å². The number of ether oxygens (including phenoxy) is 1. The molecule has 0 aromatic carbocycles. The topological polar surface area (TPSA) is 160 Å². The van der Waals surface area contributed by atoms with E-state index in [2.05, 4.69) is 19.2 Å². The number of aliphatic hydroxyl groups excluding tert-OH is 6. The Hall–Kier alpha value is -1.07. The van der Waals surface area contributed by atoms with E-state index in [1.807, 2.05) is 6.08 Å². The molecule has 0 spiro atoms. The first-order valence-electron chi connectivity index (χ1n) is 21.4. The summed E-state index contributed by atoms with van der Waals surface area (Å²) in [7, 11) is 0. The third-order valence-electron chi connectivity index (χ3n) is 10.6. The molecule has 1 fully saturated rings. The van der Waals surface area contributed by atoms with Crippen LogP contribution in [0, 0.1) is 0 Å². The van der Waals surface area contributed by atoms with Gasteiger partial charge in [0, 0.05) is 6.42 Å². The van der Waals surface area contributed by atoms with Crippen LogP contribution in [0.1, 0.15) is 194 Å². The maximum Gasteiger partial charge on any atom is 0.220 e. The standard InChI is InChI=1S/C42H81NO8/c1-3-5-7-9-11-13-15-17-18-20-22-24-26-28-30-32-36(46)43-37(39(48)42-41(50)40(49)38(47)35(33-44)51-42)34(45)31-29-27-25-23-21-19-16-14-12-10-8-6-4-2/h29,31,34-35,37-42,44-45,47-50H,3-28,30,32-33H2,1-2H3,(H,43,46)/b31-29+/t34-,35-,37-,38+,39?,40+,41-,42?/m1/s1. The predicted octanol–water partition coefficient (Wildman–Crippen LogP) is 7.55. The van der Waals surface area contributed by atoms with Gasteiger partial charge in [-0.2, -0.15) is 0 Å². The van der Waals surface area contributed by atoms with Crippen molar-refractivity contribution in [1.82, 2.24) is 5.32 Å². The average Bonchev–Trinajstić information content (AvgIpc) is 3.13. The van der Waals surface area contributed by atoms with Crippen LogP contribution in [0.3, 0.4) is 0 Å². The molecule has 8 atom stereocenters. The Morgan fingerprint density at radius 3 is 1.45 bits per heavy atom. The van der Waals surface area contributed by atoms with Gasteiger partial charge in [0.25, 0.3) is 0 Å². The van der Waals surface area contributed by atoms with Gasteiger partial charge in [-0.3, -0.25) is 4.79 Å². The van der Waals surface area contributed by atoms with Crippen LogP contribution in [-0.4, -0.2) is 91.9 Å². The van der Waals surface area contributed by atoms with Crippen LogP contribution in [0.2, 0.25) is 0 Å². The van der Waals surface area contributed by atoms with Crippen molar-refractivity contribution in [2.45, 2.75) is 242 Å². The minimum absolute atomic E-state index is 0.241. The molecule has 1 aliphatic heterocycles. The lowest BCUT2D eigenvalue weighted by molar-refractivity contribution is -0.253. The second-order valence-corrected chi connectivity index (χ2v) is 15.3. The molecular formula is C42H81NO8. The summed E-state index contributed by atoms with van der Waals surface area (Å²) in [4.78, 5) is 13.0. The predicted molar refractivity (Wildman–Crippen MR) is 207 cm³/mol. The molecule has 0 bridgehead atoms. The molecule has 7 N–H and O–H groups in total. The lowest BCUT2D eigenvalue weighted by Gasteiger charge is -2.43. The molecule has 0 aromatic rings. The maximum atomic E-state index is 13.0. The Balaban J connectivity index is 2.47. The molecule has 0 saturated carbocycles. The highest BCUT2D eigenvalue weighted by Crippen LogP contribution is 2.26. The summed E-state index contributed by atoms with van der Waals surface area (Å²) in [6.45, 7) is 3.86. The van der Waals surface area contributed by atoms with Gasteiger partial charge < -0.3 is 40.7 Å². The summed E-state index contributed by atoms with van der Waals surface area (Å²) in [5.74, 6) is -0.323. The molecule has 1 amide bonds. The third kappa shape index (κ3) is 22.7. The van der Waals surface area contributed by atoms with E-state index in [1.54, 1.807) is 6.08 Å². The van der Waals surface area contributed by atoms with Crippen molar-refractivity contribution in [1.29, 1.82) is 0 Å². The molecule has 0 aliphatic carbocycles. The molecule has 0 aromatic heterocycles. The molecule has 9 heteroatoms. The van der Waals surface area contributed by atoms with Crippen LogP contribution in [0.15, 0.2) is 12.2 Å². The van der Waals surface area contributed by atoms with E-state index < -0.39 is 55.4 Å². The number of hydrogen-bond acceptors (Lipinski definition) is 8. The van der Waals surface area contributed by atoms with Gasteiger partial charge in [0.1, 0.15) is 36.6 Å². The molecular weight excluding hydrogens is 646 g/mol. The van der Waals surface area contributed by atoms with Gasteiger partial charge in [-0.05, 0) is 19.3 Å². The van der Waals surface area contributed by atoms with E-state index in [4.69, 9.17) is 4.74 Å². The Morgan fingerprint density at radius 2 is 1.02 bits per heavy atom. The second-order valence-electron chi connectivity index (χ2n) is 15.3. The van der Waals surface area contributed by atoms with Crippen molar-refractivity contribution in [2.24, 2.45) is 0 Å². The van der Waals surface area contributed by atoms with Crippen molar-refractivity contribution in [2.75, 3.05) is 6.61 Å². The van der Waals surface area contributed by atoms with Gasteiger partial charge in [0.05, 0.1) is 18.8 Å². The molecule has 51 heavy (non-hydrogen) atoms. The highest BCUT2D eigenvalue weighted by Gasteiger charge is 2.48. The van der Waals surface area contributed by atoms with E-state index in [-0.39, 0.29) is 12.3 Å². The first kappa shape index (κ1) is 48.0. The first-order chi connectivity index (χ1) is 24.8. The summed E-state index contributed by atoms with van der Waals surface area (Å²) in [5.41, 5.74) is 0. The lowest BCUT2D eigenvalue weighted by atomic mass is 9.88. The zero-order valence-corrected chi connectivity index (χ0v) is 32.8.